The van der Waals surface area contributed by atoms with Gasteiger partial charge in [0.2, 0.25) is 11.8 Å². The molecule has 2 fully saturated rings. The van der Waals surface area contributed by atoms with Gasteiger partial charge in [-0.1, -0.05) is 11.6 Å². The highest BCUT2D eigenvalue weighted by Crippen LogP contribution is 2.36. The number of nitrogens with one attached hydrogen (secondary N) is 2. The molecule has 1 aromatic carbocycles. The SMILES string of the molecule is CC(C(=O)Nc1ccc(Cl)c(C(F)(F)F)c1)N1CCC(C(=O)NC2CC2)CC1. The predicted molar refractivity (Wildman–Crippen MR) is 100 cm³/mol. The van der Waals surface area contributed by atoms with Gasteiger partial charge in [0.1, 0.15) is 0 Å². The number of halogens is 4. The molecule has 154 valence electrons. The van der Waals surface area contributed by atoms with Crippen LogP contribution in [0.1, 0.15) is 38.2 Å². The second-order valence-corrected chi connectivity index (χ2v) is 7.86. The third kappa shape index (κ3) is 5.17. The zero-order valence-corrected chi connectivity index (χ0v) is 16.2. The van der Waals surface area contributed by atoms with E-state index in [0.717, 1.165) is 25.0 Å². The van der Waals surface area contributed by atoms with Crippen LogP contribution in [0.25, 0.3) is 0 Å². The number of nitrogens with zero attached hydrogens (tertiary/aromatic N) is 1. The monoisotopic (exact) mass is 417 g/mol. The summed E-state index contributed by atoms with van der Waals surface area (Å²) in [4.78, 5) is 26.6. The van der Waals surface area contributed by atoms with E-state index in [9.17, 15) is 22.8 Å². The Morgan fingerprint density at radius 2 is 1.82 bits per heavy atom. The first-order chi connectivity index (χ1) is 13.1. The molecule has 1 aliphatic heterocycles. The molecule has 0 radical (unpaired) electrons. The van der Waals surface area contributed by atoms with Crippen molar-refractivity contribution >= 4 is 29.1 Å². The van der Waals surface area contributed by atoms with Crippen LogP contribution in [0, 0.1) is 5.92 Å². The minimum atomic E-state index is -4.59. The topological polar surface area (TPSA) is 61.4 Å². The van der Waals surface area contributed by atoms with Crippen molar-refractivity contribution in [3.63, 3.8) is 0 Å². The third-order valence-electron chi connectivity index (χ3n) is 5.29. The quantitative estimate of drug-likeness (QED) is 0.768. The van der Waals surface area contributed by atoms with E-state index in [1.807, 2.05) is 4.90 Å². The van der Waals surface area contributed by atoms with E-state index in [1.165, 1.54) is 6.07 Å². The maximum absolute atomic E-state index is 13.0. The van der Waals surface area contributed by atoms with Gasteiger partial charge in [0.15, 0.2) is 0 Å². The number of carbonyl (C=O) groups is 2. The van der Waals surface area contributed by atoms with Crippen molar-refractivity contribution in [2.75, 3.05) is 18.4 Å². The number of anilines is 1. The fourth-order valence-electron chi connectivity index (χ4n) is 3.33. The summed E-state index contributed by atoms with van der Waals surface area (Å²) in [7, 11) is 0. The van der Waals surface area contributed by atoms with E-state index in [4.69, 9.17) is 11.6 Å². The molecule has 0 bridgehead atoms. The lowest BCUT2D eigenvalue weighted by atomic mass is 9.95. The van der Waals surface area contributed by atoms with Gasteiger partial charge in [0, 0.05) is 17.6 Å². The summed E-state index contributed by atoms with van der Waals surface area (Å²) in [6, 6.07) is 3.11. The van der Waals surface area contributed by atoms with Gasteiger partial charge in [-0.25, -0.2) is 0 Å². The first-order valence-electron chi connectivity index (χ1n) is 9.37. The maximum atomic E-state index is 13.0. The van der Waals surface area contributed by atoms with Gasteiger partial charge in [-0.2, -0.15) is 13.2 Å². The van der Waals surface area contributed by atoms with Crippen LogP contribution >= 0.6 is 11.6 Å². The van der Waals surface area contributed by atoms with Gasteiger partial charge in [-0.3, -0.25) is 14.5 Å². The molecule has 2 amide bonds. The Kier molecular flexibility index (Phi) is 6.19. The zero-order valence-electron chi connectivity index (χ0n) is 15.5. The summed E-state index contributed by atoms with van der Waals surface area (Å²) in [5, 5.41) is 5.12. The molecule has 1 heterocycles. The number of alkyl halides is 3. The smallest absolute Gasteiger partial charge is 0.353 e. The van der Waals surface area contributed by atoms with Gasteiger partial charge >= 0.3 is 6.18 Å². The second kappa shape index (κ2) is 8.29. The first kappa shape index (κ1) is 20.9. The van der Waals surface area contributed by atoms with Crippen molar-refractivity contribution < 1.29 is 22.8 Å². The highest BCUT2D eigenvalue weighted by molar-refractivity contribution is 6.31. The molecule has 0 aromatic heterocycles. The van der Waals surface area contributed by atoms with Gasteiger partial charge in [0.05, 0.1) is 16.6 Å². The molecule has 1 aromatic rings. The molecule has 5 nitrogen and oxygen atoms in total. The Morgan fingerprint density at radius 1 is 1.18 bits per heavy atom. The van der Waals surface area contributed by atoms with Crippen molar-refractivity contribution in [1.29, 1.82) is 0 Å². The Hall–Kier alpha value is -1.80. The average molecular weight is 418 g/mol. The van der Waals surface area contributed by atoms with Gasteiger partial charge < -0.3 is 10.6 Å². The number of piperidine rings is 1. The summed E-state index contributed by atoms with van der Waals surface area (Å²) < 4.78 is 38.9. The summed E-state index contributed by atoms with van der Waals surface area (Å²) >= 11 is 5.60. The molecule has 0 spiro atoms. The summed E-state index contributed by atoms with van der Waals surface area (Å²) in [5.41, 5.74) is -0.936. The first-order valence-corrected chi connectivity index (χ1v) is 9.75. The zero-order chi connectivity index (χ0) is 20.5. The summed E-state index contributed by atoms with van der Waals surface area (Å²) in [6.07, 6.45) is -1.18. The van der Waals surface area contributed by atoms with Crippen molar-refractivity contribution in [2.24, 2.45) is 5.92 Å². The summed E-state index contributed by atoms with van der Waals surface area (Å²) in [5.74, 6) is -0.353. The molecule has 1 saturated heterocycles. The molecule has 28 heavy (non-hydrogen) atoms. The number of hydrogen-bond acceptors (Lipinski definition) is 3. The number of carbonyl (C=O) groups excluding carboxylic acids is 2. The third-order valence-corrected chi connectivity index (χ3v) is 5.62. The van der Waals surface area contributed by atoms with Crippen LogP contribution in [0.15, 0.2) is 18.2 Å². The van der Waals surface area contributed by atoms with E-state index >= 15 is 0 Å². The lowest BCUT2D eigenvalue weighted by Crippen LogP contribution is -2.48. The maximum Gasteiger partial charge on any atom is 0.417 e. The fraction of sp³-hybridized carbons (Fsp3) is 0.579. The standard InChI is InChI=1S/C19H23ClF3N3O2/c1-11(26-8-6-12(7-9-26)18(28)24-13-2-3-13)17(27)25-14-4-5-16(20)15(10-14)19(21,22)23/h4-5,10-13H,2-3,6-9H2,1H3,(H,24,28)(H,25,27). The highest BCUT2D eigenvalue weighted by atomic mass is 35.5. The van der Waals surface area contributed by atoms with Crippen LogP contribution in [-0.2, 0) is 15.8 Å². The van der Waals surface area contributed by atoms with Crippen LogP contribution in [0.4, 0.5) is 18.9 Å². The molecule has 1 aliphatic carbocycles. The Morgan fingerprint density at radius 3 is 2.39 bits per heavy atom. The lowest BCUT2D eigenvalue weighted by Gasteiger charge is -2.34. The Balaban J connectivity index is 1.54. The van der Waals surface area contributed by atoms with Crippen LogP contribution < -0.4 is 10.6 Å². The largest absolute Gasteiger partial charge is 0.417 e. The molecule has 1 unspecified atom stereocenters. The molecule has 2 N–H and O–H groups in total. The van der Waals surface area contributed by atoms with E-state index in [-0.39, 0.29) is 17.5 Å². The van der Waals surface area contributed by atoms with Crippen LogP contribution in [0.5, 0.6) is 0 Å². The molecule has 3 rings (SSSR count). The van der Waals surface area contributed by atoms with Gasteiger partial charge in [-0.05, 0) is 63.9 Å². The van der Waals surface area contributed by atoms with Gasteiger partial charge in [-0.15, -0.1) is 0 Å². The minimum Gasteiger partial charge on any atom is -0.353 e. The van der Waals surface area contributed by atoms with Crippen molar-refractivity contribution in [3.8, 4) is 0 Å². The predicted octanol–water partition coefficient (Wildman–Crippen LogP) is 3.68. The number of benzene rings is 1. The van der Waals surface area contributed by atoms with Crippen LogP contribution in [0.2, 0.25) is 5.02 Å². The average Bonchev–Trinajstić information content (AvgIpc) is 3.45. The Bertz CT molecular complexity index is 744. The lowest BCUT2D eigenvalue weighted by molar-refractivity contribution is -0.137. The van der Waals surface area contributed by atoms with Crippen molar-refractivity contribution in [3.05, 3.63) is 28.8 Å². The fourth-order valence-corrected chi connectivity index (χ4v) is 3.55. The normalized spacial score (nSPS) is 19.9. The minimum absolute atomic E-state index is 0.0438. The molecular weight excluding hydrogens is 395 g/mol. The van der Waals surface area contributed by atoms with E-state index < -0.39 is 28.7 Å². The number of likely N-dealkylation sites (tertiary alicyclic amines) is 1. The molecule has 1 atom stereocenters. The number of rotatable bonds is 5. The second-order valence-electron chi connectivity index (χ2n) is 7.45. The molecule has 1 saturated carbocycles. The Labute approximate surface area is 166 Å². The van der Waals surface area contributed by atoms with Crippen LogP contribution in [-0.4, -0.2) is 41.9 Å². The van der Waals surface area contributed by atoms with E-state index in [1.54, 1.807) is 6.92 Å². The number of hydrogen-bond donors (Lipinski definition) is 2. The molecular formula is C19H23ClF3N3O2. The number of amides is 2. The molecule has 2 aliphatic rings. The van der Waals surface area contributed by atoms with E-state index in [2.05, 4.69) is 10.6 Å². The van der Waals surface area contributed by atoms with Crippen molar-refractivity contribution in [2.45, 2.75) is 50.9 Å². The van der Waals surface area contributed by atoms with Gasteiger partial charge in [0.25, 0.3) is 0 Å². The van der Waals surface area contributed by atoms with Crippen LogP contribution in [0.3, 0.4) is 0 Å². The summed E-state index contributed by atoms with van der Waals surface area (Å²) in [6.45, 7) is 2.89. The van der Waals surface area contributed by atoms with Crippen molar-refractivity contribution in [1.82, 2.24) is 10.2 Å². The van der Waals surface area contributed by atoms with E-state index in [0.29, 0.717) is 32.0 Å². The highest BCUT2D eigenvalue weighted by Gasteiger charge is 2.34. The molecule has 9 heteroatoms.